The second-order valence-electron chi connectivity index (χ2n) is 6.93. The van der Waals surface area contributed by atoms with Crippen LogP contribution < -0.4 is 16.2 Å². The van der Waals surface area contributed by atoms with E-state index in [1.54, 1.807) is 6.20 Å². The van der Waals surface area contributed by atoms with Crippen molar-refractivity contribution in [2.24, 2.45) is 5.73 Å². The highest BCUT2D eigenvalue weighted by molar-refractivity contribution is 5.86. The lowest BCUT2D eigenvalue weighted by molar-refractivity contribution is 0.501. The molecule has 0 spiro atoms. The molecule has 1 fully saturated rings. The van der Waals surface area contributed by atoms with Crippen LogP contribution in [0.15, 0.2) is 29.2 Å². The lowest BCUT2D eigenvalue weighted by Gasteiger charge is -2.32. The summed E-state index contributed by atoms with van der Waals surface area (Å²) in [4.78, 5) is 25.3. The maximum absolute atomic E-state index is 12.2. The molecule has 0 saturated carbocycles. The molecule has 6 heteroatoms. The van der Waals surface area contributed by atoms with E-state index in [4.69, 9.17) is 5.73 Å². The first-order valence-electron chi connectivity index (χ1n) is 8.72. The topological polar surface area (TPSA) is 90.8 Å². The van der Waals surface area contributed by atoms with Crippen molar-refractivity contribution in [1.82, 2.24) is 15.0 Å². The van der Waals surface area contributed by atoms with Gasteiger partial charge in [0.2, 0.25) is 0 Å². The molecule has 1 aromatic carbocycles. The monoisotopic (exact) mass is 337 g/mol. The van der Waals surface area contributed by atoms with Crippen LogP contribution in [0.1, 0.15) is 24.0 Å². The SMILES string of the molecule is Cc1cc[nH]c(=O)c1-c1nc2c(C)cc(N3CCC(N)CC3)cc2[nH]1. The molecule has 0 radical (unpaired) electrons. The number of aromatic amines is 2. The summed E-state index contributed by atoms with van der Waals surface area (Å²) >= 11 is 0. The predicted molar refractivity (Wildman–Crippen MR) is 101 cm³/mol. The van der Waals surface area contributed by atoms with Crippen molar-refractivity contribution in [1.29, 1.82) is 0 Å². The van der Waals surface area contributed by atoms with Crippen LogP contribution in [-0.2, 0) is 0 Å². The van der Waals surface area contributed by atoms with E-state index < -0.39 is 0 Å². The zero-order chi connectivity index (χ0) is 17.6. The van der Waals surface area contributed by atoms with Gasteiger partial charge in [-0.15, -0.1) is 0 Å². The Bertz CT molecular complexity index is 979. The Morgan fingerprint density at radius 3 is 2.68 bits per heavy atom. The molecule has 1 aliphatic rings. The molecule has 130 valence electrons. The van der Waals surface area contributed by atoms with Gasteiger partial charge in [-0.05, 0) is 56.0 Å². The van der Waals surface area contributed by atoms with E-state index in [-0.39, 0.29) is 5.56 Å². The summed E-state index contributed by atoms with van der Waals surface area (Å²) in [6.07, 6.45) is 3.70. The number of nitrogens with zero attached hydrogens (tertiary/aromatic N) is 2. The normalized spacial score (nSPS) is 15.9. The van der Waals surface area contributed by atoms with Gasteiger partial charge in [0.1, 0.15) is 5.82 Å². The summed E-state index contributed by atoms with van der Waals surface area (Å²) in [5.74, 6) is 0.621. The summed E-state index contributed by atoms with van der Waals surface area (Å²) in [5.41, 5.74) is 11.6. The third-order valence-corrected chi connectivity index (χ3v) is 5.07. The number of benzene rings is 1. The number of pyridine rings is 1. The maximum atomic E-state index is 12.2. The Morgan fingerprint density at radius 1 is 1.20 bits per heavy atom. The van der Waals surface area contributed by atoms with Crippen LogP contribution >= 0.6 is 0 Å². The Balaban J connectivity index is 1.79. The number of hydrogen-bond acceptors (Lipinski definition) is 4. The third kappa shape index (κ3) is 2.82. The molecule has 1 saturated heterocycles. The van der Waals surface area contributed by atoms with Crippen LogP contribution in [0.25, 0.3) is 22.4 Å². The number of aryl methyl sites for hydroxylation is 2. The summed E-state index contributed by atoms with van der Waals surface area (Å²) in [7, 11) is 0. The van der Waals surface area contributed by atoms with Crippen molar-refractivity contribution in [3.63, 3.8) is 0 Å². The van der Waals surface area contributed by atoms with Crippen LogP contribution in [0, 0.1) is 13.8 Å². The van der Waals surface area contributed by atoms with Gasteiger partial charge in [0, 0.05) is 31.0 Å². The molecule has 0 amide bonds. The Labute approximate surface area is 146 Å². The van der Waals surface area contributed by atoms with Gasteiger partial charge in [-0.25, -0.2) is 4.98 Å². The fourth-order valence-electron chi connectivity index (χ4n) is 3.60. The Hall–Kier alpha value is -2.60. The van der Waals surface area contributed by atoms with Crippen molar-refractivity contribution in [3.05, 3.63) is 45.9 Å². The Kier molecular flexibility index (Phi) is 3.84. The number of hydrogen-bond donors (Lipinski definition) is 3. The maximum Gasteiger partial charge on any atom is 0.259 e. The van der Waals surface area contributed by atoms with Gasteiger partial charge < -0.3 is 20.6 Å². The summed E-state index contributed by atoms with van der Waals surface area (Å²) in [6, 6.07) is 6.50. The second kappa shape index (κ2) is 6.04. The molecule has 1 aliphatic heterocycles. The number of nitrogens with one attached hydrogen (secondary N) is 2. The van der Waals surface area contributed by atoms with Crippen LogP contribution in [0.4, 0.5) is 5.69 Å². The molecule has 0 atom stereocenters. The van der Waals surface area contributed by atoms with Gasteiger partial charge in [-0.1, -0.05) is 0 Å². The molecule has 0 aliphatic carbocycles. The average molecular weight is 337 g/mol. The first-order chi connectivity index (χ1) is 12.0. The third-order valence-electron chi connectivity index (χ3n) is 5.07. The zero-order valence-electron chi connectivity index (χ0n) is 14.6. The number of rotatable bonds is 2. The molecular formula is C19H23N5O. The number of nitrogens with two attached hydrogens (primary N) is 1. The molecule has 25 heavy (non-hydrogen) atoms. The highest BCUT2D eigenvalue weighted by Gasteiger charge is 2.19. The minimum Gasteiger partial charge on any atom is -0.371 e. The van der Waals surface area contributed by atoms with Crippen molar-refractivity contribution in [2.75, 3.05) is 18.0 Å². The lowest BCUT2D eigenvalue weighted by atomic mass is 10.0. The van der Waals surface area contributed by atoms with Crippen LogP contribution in [0.3, 0.4) is 0 Å². The quantitative estimate of drug-likeness (QED) is 0.670. The Morgan fingerprint density at radius 2 is 1.96 bits per heavy atom. The highest BCUT2D eigenvalue weighted by atomic mass is 16.1. The van der Waals surface area contributed by atoms with E-state index in [0.29, 0.717) is 17.4 Å². The summed E-state index contributed by atoms with van der Waals surface area (Å²) < 4.78 is 0. The number of imidazole rings is 1. The number of H-pyrrole nitrogens is 2. The van der Waals surface area contributed by atoms with Gasteiger partial charge in [0.15, 0.2) is 0 Å². The largest absolute Gasteiger partial charge is 0.371 e. The van der Waals surface area contributed by atoms with Crippen LogP contribution in [0.5, 0.6) is 0 Å². The van der Waals surface area contributed by atoms with Crippen molar-refractivity contribution < 1.29 is 0 Å². The molecule has 6 nitrogen and oxygen atoms in total. The van der Waals surface area contributed by atoms with E-state index in [1.165, 1.54) is 5.69 Å². The lowest BCUT2D eigenvalue weighted by Crippen LogP contribution is -2.39. The number of anilines is 1. The van der Waals surface area contributed by atoms with Gasteiger partial charge in [0.05, 0.1) is 16.6 Å². The summed E-state index contributed by atoms with van der Waals surface area (Å²) in [6.45, 7) is 5.94. The first-order valence-corrected chi connectivity index (χ1v) is 8.72. The van der Waals surface area contributed by atoms with Crippen molar-refractivity contribution in [3.8, 4) is 11.4 Å². The van der Waals surface area contributed by atoms with Gasteiger partial charge in [-0.2, -0.15) is 0 Å². The van der Waals surface area contributed by atoms with E-state index in [9.17, 15) is 4.79 Å². The standard InChI is InChI=1S/C19H23N5O/c1-11-3-6-21-19(25)16(11)18-22-15-10-14(9-12(2)17(15)23-18)24-7-4-13(20)5-8-24/h3,6,9-10,13H,4-5,7-8,20H2,1-2H3,(H,21,25)(H,22,23). The molecule has 4 rings (SSSR count). The second-order valence-corrected chi connectivity index (χ2v) is 6.93. The molecule has 3 heterocycles. The average Bonchev–Trinajstić information content (AvgIpc) is 2.99. The number of fused-ring (bicyclic) bond motifs is 1. The first kappa shape index (κ1) is 15.9. The van der Waals surface area contributed by atoms with Gasteiger partial charge in [0.25, 0.3) is 5.56 Å². The number of piperidine rings is 1. The fourth-order valence-corrected chi connectivity index (χ4v) is 3.60. The van der Waals surface area contributed by atoms with Gasteiger partial charge >= 0.3 is 0 Å². The van der Waals surface area contributed by atoms with Crippen molar-refractivity contribution >= 4 is 16.7 Å². The van der Waals surface area contributed by atoms with E-state index in [1.807, 2.05) is 13.0 Å². The van der Waals surface area contributed by atoms with Crippen molar-refractivity contribution in [2.45, 2.75) is 32.7 Å². The molecular weight excluding hydrogens is 314 g/mol. The molecule has 3 aromatic rings. The molecule has 0 unspecified atom stereocenters. The summed E-state index contributed by atoms with van der Waals surface area (Å²) in [5, 5.41) is 0. The van der Waals surface area contributed by atoms with Crippen LogP contribution in [-0.4, -0.2) is 34.1 Å². The smallest absolute Gasteiger partial charge is 0.259 e. The minimum absolute atomic E-state index is 0.123. The molecule has 4 N–H and O–H groups in total. The molecule has 2 aromatic heterocycles. The number of aromatic nitrogens is 3. The van der Waals surface area contributed by atoms with Crippen LogP contribution in [0.2, 0.25) is 0 Å². The van der Waals surface area contributed by atoms with E-state index in [2.05, 4.69) is 38.9 Å². The van der Waals surface area contributed by atoms with Gasteiger partial charge in [-0.3, -0.25) is 4.79 Å². The molecule has 0 bridgehead atoms. The minimum atomic E-state index is -0.123. The zero-order valence-corrected chi connectivity index (χ0v) is 14.6. The predicted octanol–water partition coefficient (Wildman–Crippen LogP) is 2.46. The van der Waals surface area contributed by atoms with E-state index in [0.717, 1.165) is 48.1 Å². The highest BCUT2D eigenvalue weighted by Crippen LogP contribution is 2.28. The fraction of sp³-hybridized carbons (Fsp3) is 0.368. The van der Waals surface area contributed by atoms with E-state index >= 15 is 0 Å².